The zero-order chi connectivity index (χ0) is 20.4. The SMILES string of the molecule is O=C(Oc1ccc(/C=C2\SC(=S)N(c3cccc(F)c3)C2=O)cc1)c1cccs1. The molecule has 1 amide bonds. The van der Waals surface area contributed by atoms with E-state index in [1.54, 1.807) is 53.9 Å². The molecule has 4 rings (SSSR count). The number of carbonyl (C=O) groups is 2. The number of anilines is 1. The van der Waals surface area contributed by atoms with E-state index in [4.69, 9.17) is 17.0 Å². The third kappa shape index (κ3) is 4.29. The second-order valence-corrected chi connectivity index (χ2v) is 8.56. The molecule has 0 unspecified atom stereocenters. The molecule has 1 saturated heterocycles. The van der Waals surface area contributed by atoms with Gasteiger partial charge in [-0.2, -0.15) is 0 Å². The summed E-state index contributed by atoms with van der Waals surface area (Å²) in [6, 6.07) is 16.0. The standard InChI is InChI=1S/C21H12FNO3S3/c22-14-3-1-4-15(12-14)23-19(24)18(29-21(23)27)11-13-6-8-16(9-7-13)26-20(25)17-5-2-10-28-17/h1-12H/b18-11-. The minimum atomic E-state index is -0.437. The third-order valence-electron chi connectivity index (χ3n) is 3.97. The van der Waals surface area contributed by atoms with Gasteiger partial charge in [0.1, 0.15) is 16.4 Å². The molecule has 0 radical (unpaired) electrons. The Morgan fingerprint density at radius 1 is 1.10 bits per heavy atom. The molecule has 2 aromatic carbocycles. The van der Waals surface area contributed by atoms with E-state index < -0.39 is 11.8 Å². The van der Waals surface area contributed by atoms with E-state index in [-0.39, 0.29) is 5.91 Å². The summed E-state index contributed by atoms with van der Waals surface area (Å²) in [4.78, 5) is 27.0. The molecule has 0 aliphatic carbocycles. The van der Waals surface area contributed by atoms with Crippen molar-refractivity contribution in [3.63, 3.8) is 0 Å². The van der Waals surface area contributed by atoms with Crippen LogP contribution in [0.4, 0.5) is 10.1 Å². The molecule has 8 heteroatoms. The Hall–Kier alpha value is -2.81. The van der Waals surface area contributed by atoms with Crippen molar-refractivity contribution in [2.24, 2.45) is 0 Å². The summed E-state index contributed by atoms with van der Waals surface area (Å²) in [5, 5.41) is 1.81. The second-order valence-electron chi connectivity index (χ2n) is 5.93. The Morgan fingerprint density at radius 3 is 2.59 bits per heavy atom. The number of thiophene rings is 1. The van der Waals surface area contributed by atoms with E-state index in [9.17, 15) is 14.0 Å². The fourth-order valence-electron chi connectivity index (χ4n) is 2.64. The Labute approximate surface area is 179 Å². The van der Waals surface area contributed by atoms with Gasteiger partial charge in [-0.3, -0.25) is 9.69 Å². The highest BCUT2D eigenvalue weighted by Gasteiger charge is 2.33. The first-order chi connectivity index (χ1) is 14.0. The van der Waals surface area contributed by atoms with Crippen LogP contribution in [0.1, 0.15) is 15.2 Å². The molecule has 29 heavy (non-hydrogen) atoms. The maximum atomic E-state index is 13.5. The third-order valence-corrected chi connectivity index (χ3v) is 6.12. The molecule has 2 heterocycles. The van der Waals surface area contributed by atoms with Crippen molar-refractivity contribution in [3.8, 4) is 5.75 Å². The zero-order valence-electron chi connectivity index (χ0n) is 14.7. The van der Waals surface area contributed by atoms with Gasteiger partial charge in [-0.15, -0.1) is 11.3 Å². The van der Waals surface area contributed by atoms with Crippen molar-refractivity contribution in [1.29, 1.82) is 0 Å². The van der Waals surface area contributed by atoms with E-state index in [1.807, 2.05) is 0 Å². The van der Waals surface area contributed by atoms with Gasteiger partial charge >= 0.3 is 5.97 Å². The van der Waals surface area contributed by atoms with Crippen LogP contribution in [-0.4, -0.2) is 16.2 Å². The predicted molar refractivity (Wildman–Crippen MR) is 118 cm³/mol. The molecule has 3 aromatic rings. The van der Waals surface area contributed by atoms with Gasteiger partial charge in [-0.1, -0.05) is 48.2 Å². The first-order valence-electron chi connectivity index (χ1n) is 8.40. The van der Waals surface area contributed by atoms with Crippen LogP contribution >= 0.6 is 35.3 Å². The molecular formula is C21H12FNO3S3. The lowest BCUT2D eigenvalue weighted by Gasteiger charge is -2.14. The number of nitrogens with zero attached hydrogens (tertiary/aromatic N) is 1. The molecule has 4 nitrogen and oxygen atoms in total. The van der Waals surface area contributed by atoms with Crippen molar-refractivity contribution in [1.82, 2.24) is 0 Å². The zero-order valence-corrected chi connectivity index (χ0v) is 17.2. The predicted octanol–water partition coefficient (Wildman–Crippen LogP) is 5.51. The highest BCUT2D eigenvalue weighted by molar-refractivity contribution is 8.27. The number of amides is 1. The molecule has 144 valence electrons. The number of carbonyl (C=O) groups excluding carboxylic acids is 2. The van der Waals surface area contributed by atoms with E-state index in [1.165, 1.54) is 34.4 Å². The molecule has 0 saturated carbocycles. The summed E-state index contributed by atoms with van der Waals surface area (Å²) in [6.45, 7) is 0. The summed E-state index contributed by atoms with van der Waals surface area (Å²) in [6.07, 6.45) is 1.70. The number of benzene rings is 2. The maximum absolute atomic E-state index is 13.5. The highest BCUT2D eigenvalue weighted by atomic mass is 32.2. The number of hydrogen-bond acceptors (Lipinski definition) is 6. The lowest BCUT2D eigenvalue weighted by molar-refractivity contribution is -0.113. The number of ether oxygens (including phenoxy) is 1. The van der Waals surface area contributed by atoms with Crippen LogP contribution in [0.25, 0.3) is 6.08 Å². The number of thiocarbonyl (C=S) groups is 1. The molecule has 1 fully saturated rings. The van der Waals surface area contributed by atoms with Gasteiger partial charge in [0.05, 0.1) is 10.6 Å². The monoisotopic (exact) mass is 441 g/mol. The van der Waals surface area contributed by atoms with Gasteiger partial charge in [0.15, 0.2) is 4.32 Å². The van der Waals surface area contributed by atoms with Crippen molar-refractivity contribution in [2.75, 3.05) is 4.90 Å². The summed E-state index contributed by atoms with van der Waals surface area (Å²) in [5.41, 5.74) is 1.15. The number of esters is 1. The minimum Gasteiger partial charge on any atom is -0.422 e. The van der Waals surface area contributed by atoms with E-state index in [2.05, 4.69) is 0 Å². The average Bonchev–Trinajstić information content (AvgIpc) is 3.32. The fourth-order valence-corrected chi connectivity index (χ4v) is 4.54. The van der Waals surface area contributed by atoms with E-state index in [0.29, 0.717) is 25.5 Å². The molecule has 0 atom stereocenters. The van der Waals surface area contributed by atoms with Gasteiger partial charge in [-0.05, 0) is 53.4 Å². The summed E-state index contributed by atoms with van der Waals surface area (Å²) in [7, 11) is 0. The Balaban J connectivity index is 1.50. The number of hydrogen-bond donors (Lipinski definition) is 0. The Morgan fingerprint density at radius 2 is 1.90 bits per heavy atom. The lowest BCUT2D eigenvalue weighted by atomic mass is 10.2. The molecule has 0 N–H and O–H groups in total. The van der Waals surface area contributed by atoms with Crippen LogP contribution < -0.4 is 9.64 Å². The smallest absolute Gasteiger partial charge is 0.353 e. The average molecular weight is 442 g/mol. The molecule has 0 bridgehead atoms. The van der Waals surface area contributed by atoms with Gasteiger partial charge in [0.2, 0.25) is 0 Å². The van der Waals surface area contributed by atoms with Crippen molar-refractivity contribution < 1.29 is 18.7 Å². The van der Waals surface area contributed by atoms with Gasteiger partial charge in [0, 0.05) is 0 Å². The van der Waals surface area contributed by atoms with Crippen molar-refractivity contribution >= 4 is 63.3 Å². The molecule has 1 aromatic heterocycles. The summed E-state index contributed by atoms with van der Waals surface area (Å²) >= 11 is 7.75. The highest BCUT2D eigenvalue weighted by Crippen LogP contribution is 2.36. The largest absolute Gasteiger partial charge is 0.422 e. The molecule has 1 aliphatic heterocycles. The molecule has 1 aliphatic rings. The Bertz CT molecular complexity index is 1120. The summed E-state index contributed by atoms with van der Waals surface area (Å²) in [5.74, 6) is -0.747. The van der Waals surface area contributed by atoms with Crippen molar-refractivity contribution in [3.05, 3.63) is 87.2 Å². The first-order valence-corrected chi connectivity index (χ1v) is 10.5. The number of thioether (sulfide) groups is 1. The van der Waals surface area contributed by atoms with Crippen LogP contribution in [0.3, 0.4) is 0 Å². The quantitative estimate of drug-likeness (QED) is 0.231. The van der Waals surface area contributed by atoms with Gasteiger partial charge < -0.3 is 4.74 Å². The van der Waals surface area contributed by atoms with Crippen LogP contribution in [0.2, 0.25) is 0 Å². The van der Waals surface area contributed by atoms with E-state index >= 15 is 0 Å². The van der Waals surface area contributed by atoms with Crippen LogP contribution in [-0.2, 0) is 4.79 Å². The second kappa shape index (κ2) is 8.28. The summed E-state index contributed by atoms with van der Waals surface area (Å²) < 4.78 is 19.2. The van der Waals surface area contributed by atoms with Crippen LogP contribution in [0, 0.1) is 5.82 Å². The fraction of sp³-hybridized carbons (Fsp3) is 0. The lowest BCUT2D eigenvalue weighted by Crippen LogP contribution is -2.27. The van der Waals surface area contributed by atoms with Gasteiger partial charge in [0.25, 0.3) is 5.91 Å². The topological polar surface area (TPSA) is 46.6 Å². The Kier molecular flexibility index (Phi) is 5.57. The normalized spacial score (nSPS) is 15.2. The maximum Gasteiger partial charge on any atom is 0.353 e. The molecular weight excluding hydrogens is 429 g/mol. The van der Waals surface area contributed by atoms with Gasteiger partial charge in [-0.25, -0.2) is 9.18 Å². The first kappa shape index (κ1) is 19.5. The van der Waals surface area contributed by atoms with Crippen LogP contribution in [0.5, 0.6) is 5.75 Å². The molecule has 0 spiro atoms. The number of rotatable bonds is 4. The van der Waals surface area contributed by atoms with E-state index in [0.717, 1.165) is 17.3 Å². The number of halogens is 1. The van der Waals surface area contributed by atoms with Crippen LogP contribution in [0.15, 0.2) is 70.9 Å². The minimum absolute atomic E-state index is 0.307. The van der Waals surface area contributed by atoms with Crippen molar-refractivity contribution in [2.45, 2.75) is 0 Å².